The number of rotatable bonds is 4. The van der Waals surface area contributed by atoms with E-state index in [0.717, 1.165) is 37.1 Å². The molecule has 0 unspecified atom stereocenters. The molecule has 0 saturated carbocycles. The maximum absolute atomic E-state index is 11.3. The Hall–Kier alpha value is -2.23. The highest BCUT2D eigenvalue weighted by molar-refractivity contribution is 5.74. The molecule has 4 nitrogen and oxygen atoms in total. The fraction of sp³-hybridized carbons (Fsp3) is 0.476. The minimum absolute atomic E-state index is 0.0246. The van der Waals surface area contributed by atoms with Gasteiger partial charge in [0.1, 0.15) is 11.5 Å². The van der Waals surface area contributed by atoms with E-state index in [0.29, 0.717) is 11.5 Å². The molecule has 1 fully saturated rings. The summed E-state index contributed by atoms with van der Waals surface area (Å²) >= 11 is 0. The Balaban J connectivity index is 1.79. The van der Waals surface area contributed by atoms with Crippen molar-refractivity contribution < 1.29 is 15.0 Å². The van der Waals surface area contributed by atoms with E-state index in [1.54, 1.807) is 19.1 Å². The number of likely N-dealkylation sites (tertiary alicyclic amines) is 1. The van der Waals surface area contributed by atoms with Gasteiger partial charge in [0.15, 0.2) is 0 Å². The third-order valence-electron chi connectivity index (χ3n) is 5.53. The number of amides is 1. The summed E-state index contributed by atoms with van der Waals surface area (Å²) in [5.41, 5.74) is 3.85. The van der Waals surface area contributed by atoms with Crippen molar-refractivity contribution >= 4 is 5.91 Å². The third kappa shape index (κ3) is 3.44. The molecule has 1 saturated heterocycles. The minimum atomic E-state index is -0.0246. The number of phenolic OH excluding ortho intramolecular Hbond substituents is 2. The monoisotopic (exact) mass is 341 g/mol. The first kappa shape index (κ1) is 17.6. The number of carbonyl (C=O) groups is 1. The number of benzene rings is 1. The van der Waals surface area contributed by atoms with Gasteiger partial charge in [0.2, 0.25) is 5.91 Å². The molecular formula is C21H27NO3. The molecule has 1 heterocycles. The lowest BCUT2D eigenvalue weighted by Gasteiger charge is -2.38. The molecular weight excluding hydrogens is 314 g/mol. The fourth-order valence-corrected chi connectivity index (χ4v) is 4.16. The van der Waals surface area contributed by atoms with E-state index in [2.05, 4.69) is 19.6 Å². The number of aromatic hydroxyl groups is 2. The number of allylic oxidation sites excluding steroid dienone is 3. The second-order valence-electron chi connectivity index (χ2n) is 7.74. The smallest absolute Gasteiger partial charge is 0.219 e. The quantitative estimate of drug-likeness (QED) is 0.820. The van der Waals surface area contributed by atoms with Crippen molar-refractivity contribution in [3.05, 3.63) is 47.1 Å². The summed E-state index contributed by atoms with van der Waals surface area (Å²) in [6.45, 7) is 11.2. The Kier molecular flexibility index (Phi) is 4.63. The summed E-state index contributed by atoms with van der Waals surface area (Å²) in [6.07, 6.45) is 3.81. The molecule has 0 bridgehead atoms. The summed E-state index contributed by atoms with van der Waals surface area (Å²) in [5, 5.41) is 21.2. The van der Waals surface area contributed by atoms with Crippen LogP contribution in [0.4, 0.5) is 0 Å². The highest BCUT2D eigenvalue weighted by atomic mass is 16.3. The lowest BCUT2D eigenvalue weighted by atomic mass is 9.82. The molecule has 134 valence electrons. The van der Waals surface area contributed by atoms with Gasteiger partial charge < -0.3 is 15.1 Å². The summed E-state index contributed by atoms with van der Waals surface area (Å²) in [6, 6.07) is 3.53. The topological polar surface area (TPSA) is 60.8 Å². The van der Waals surface area contributed by atoms with Crippen LogP contribution in [0.2, 0.25) is 0 Å². The van der Waals surface area contributed by atoms with E-state index in [4.69, 9.17) is 0 Å². The maximum Gasteiger partial charge on any atom is 0.219 e. The Morgan fingerprint density at radius 2 is 1.84 bits per heavy atom. The number of phenols is 2. The summed E-state index contributed by atoms with van der Waals surface area (Å²) in [7, 11) is 0. The minimum Gasteiger partial charge on any atom is -0.507 e. The van der Waals surface area contributed by atoms with Crippen LogP contribution >= 0.6 is 0 Å². The molecule has 2 atom stereocenters. The first-order chi connectivity index (χ1) is 11.8. The van der Waals surface area contributed by atoms with E-state index in [1.807, 2.05) is 11.8 Å². The second-order valence-corrected chi connectivity index (χ2v) is 7.74. The van der Waals surface area contributed by atoms with Gasteiger partial charge in [-0.25, -0.2) is 0 Å². The molecule has 25 heavy (non-hydrogen) atoms. The highest BCUT2D eigenvalue weighted by Gasteiger charge is 2.33. The number of hydrogen-bond donors (Lipinski definition) is 2. The van der Waals surface area contributed by atoms with Crippen LogP contribution in [0.5, 0.6) is 11.5 Å². The van der Waals surface area contributed by atoms with Gasteiger partial charge >= 0.3 is 0 Å². The van der Waals surface area contributed by atoms with Gasteiger partial charge in [-0.15, -0.1) is 0 Å². The molecule has 1 aliphatic carbocycles. The Morgan fingerprint density at radius 1 is 1.24 bits per heavy atom. The average Bonchev–Trinajstić information content (AvgIpc) is 2.83. The molecule has 2 aliphatic rings. The molecule has 1 aromatic rings. The van der Waals surface area contributed by atoms with Gasteiger partial charge in [0, 0.05) is 31.5 Å². The average molecular weight is 341 g/mol. The van der Waals surface area contributed by atoms with Crippen molar-refractivity contribution in [2.45, 2.75) is 39.5 Å². The molecule has 0 spiro atoms. The fourth-order valence-electron chi connectivity index (χ4n) is 4.16. The van der Waals surface area contributed by atoms with Crippen molar-refractivity contribution in [2.75, 3.05) is 13.1 Å². The third-order valence-corrected chi connectivity index (χ3v) is 5.53. The second kappa shape index (κ2) is 6.58. The largest absolute Gasteiger partial charge is 0.507 e. The van der Waals surface area contributed by atoms with E-state index in [9.17, 15) is 15.0 Å². The van der Waals surface area contributed by atoms with Gasteiger partial charge in [-0.05, 0) is 56.2 Å². The van der Waals surface area contributed by atoms with Gasteiger partial charge in [-0.2, -0.15) is 0 Å². The molecule has 4 heteroatoms. The normalized spacial score (nSPS) is 23.3. The van der Waals surface area contributed by atoms with E-state index < -0.39 is 0 Å². The molecule has 1 aromatic carbocycles. The molecule has 3 rings (SSSR count). The summed E-state index contributed by atoms with van der Waals surface area (Å²) < 4.78 is 0. The number of carbonyl (C=O) groups excluding carboxylic acids is 1. The van der Waals surface area contributed by atoms with Crippen LogP contribution < -0.4 is 0 Å². The lowest BCUT2D eigenvalue weighted by Crippen LogP contribution is -2.49. The maximum atomic E-state index is 11.3. The lowest BCUT2D eigenvalue weighted by molar-refractivity contribution is -0.134. The van der Waals surface area contributed by atoms with Crippen molar-refractivity contribution in [3.63, 3.8) is 0 Å². The van der Waals surface area contributed by atoms with Gasteiger partial charge in [0.25, 0.3) is 0 Å². The van der Waals surface area contributed by atoms with Crippen molar-refractivity contribution in [2.24, 2.45) is 11.8 Å². The Labute approximate surface area is 149 Å². The van der Waals surface area contributed by atoms with Crippen LogP contribution in [-0.2, 0) is 11.2 Å². The van der Waals surface area contributed by atoms with E-state index in [1.165, 1.54) is 5.57 Å². The zero-order chi connectivity index (χ0) is 18.3. The van der Waals surface area contributed by atoms with Crippen molar-refractivity contribution in [1.29, 1.82) is 0 Å². The molecule has 2 N–H and O–H groups in total. The zero-order valence-electron chi connectivity index (χ0n) is 15.2. The molecule has 1 aliphatic heterocycles. The van der Waals surface area contributed by atoms with E-state index in [-0.39, 0.29) is 29.2 Å². The zero-order valence-corrected chi connectivity index (χ0v) is 15.2. The van der Waals surface area contributed by atoms with Crippen molar-refractivity contribution in [1.82, 2.24) is 4.90 Å². The van der Waals surface area contributed by atoms with Crippen LogP contribution in [-0.4, -0.2) is 34.1 Å². The van der Waals surface area contributed by atoms with Crippen LogP contribution in [0.25, 0.3) is 0 Å². The molecule has 1 amide bonds. The van der Waals surface area contributed by atoms with Crippen LogP contribution in [0.3, 0.4) is 0 Å². The predicted molar refractivity (Wildman–Crippen MR) is 98.6 cm³/mol. The first-order valence-corrected chi connectivity index (χ1v) is 8.89. The first-order valence-electron chi connectivity index (χ1n) is 8.89. The highest BCUT2D eigenvalue weighted by Crippen LogP contribution is 2.48. The SMILES string of the molecule is C=C(C)[C@@H]1CC(C)=C[C@H]1c1c(O)cc(CC2CN(C(C)=O)C2)cc1O. The van der Waals surface area contributed by atoms with Gasteiger partial charge in [-0.1, -0.05) is 23.8 Å². The van der Waals surface area contributed by atoms with Gasteiger partial charge in [0.05, 0.1) is 0 Å². The van der Waals surface area contributed by atoms with Crippen LogP contribution in [0.1, 0.15) is 44.2 Å². The Bertz CT molecular complexity index is 721. The van der Waals surface area contributed by atoms with E-state index >= 15 is 0 Å². The summed E-state index contributed by atoms with van der Waals surface area (Å²) in [5.74, 6) is 0.999. The van der Waals surface area contributed by atoms with Crippen LogP contribution in [0.15, 0.2) is 35.9 Å². The molecule has 0 aromatic heterocycles. The molecule has 0 radical (unpaired) electrons. The predicted octanol–water partition coefficient (Wildman–Crippen LogP) is 3.74. The van der Waals surface area contributed by atoms with Crippen molar-refractivity contribution in [3.8, 4) is 11.5 Å². The van der Waals surface area contributed by atoms with Gasteiger partial charge in [-0.3, -0.25) is 4.79 Å². The number of hydrogen-bond acceptors (Lipinski definition) is 3. The standard InChI is InChI=1S/C21H27NO3/c1-12(2)17-5-13(3)6-18(17)21-19(24)8-15(9-20(21)25)7-16-10-22(11-16)14(4)23/h6,8-9,16-18,24-25H,1,5,7,10-11H2,2-4H3/t17-,18+/m0/s1. The van der Waals surface area contributed by atoms with Crippen LogP contribution in [0, 0.1) is 11.8 Å². The number of nitrogens with zero attached hydrogens (tertiary/aromatic N) is 1. The summed E-state index contributed by atoms with van der Waals surface area (Å²) in [4.78, 5) is 13.1. The Morgan fingerprint density at radius 3 is 2.36 bits per heavy atom.